The molecule has 1 saturated heterocycles. The van der Waals surface area contributed by atoms with Gasteiger partial charge in [0.1, 0.15) is 27.1 Å². The molecule has 0 radical (unpaired) electrons. The number of β-lactam (4-membered cyclic amide) rings is 1. The number of carboxylic acid groups (broad SMARTS) is 1. The minimum absolute atomic E-state index is 0.00651. The molecule has 0 spiro atoms. The van der Waals surface area contributed by atoms with Crippen LogP contribution in [0.25, 0.3) is 0 Å². The second kappa shape index (κ2) is 8.42. The molecule has 2 amide bonds. The number of carbonyl (C=O) groups excluding carboxylic acids is 2. The molecular weight excluding hydrogens is 489 g/mol. The normalized spacial score (nSPS) is 21.8. The lowest BCUT2D eigenvalue weighted by Crippen LogP contribution is -2.70. The van der Waals surface area contributed by atoms with Crippen LogP contribution in [0.1, 0.15) is 20.1 Å². The summed E-state index contributed by atoms with van der Waals surface area (Å²) in [6.07, 6.45) is 0.00651. The Bertz CT molecular complexity index is 1120. The number of hydrogen-bond donors (Lipinski definition) is 3. The van der Waals surface area contributed by atoms with E-state index >= 15 is 0 Å². The second-order valence-electron chi connectivity index (χ2n) is 6.43. The summed E-state index contributed by atoms with van der Waals surface area (Å²) in [6, 6.07) is -0.809. The third kappa shape index (κ3) is 3.93. The van der Waals surface area contributed by atoms with Gasteiger partial charge in [-0.3, -0.25) is 19.3 Å². The maximum atomic E-state index is 12.7. The summed E-state index contributed by atoms with van der Waals surface area (Å²) in [5, 5.41) is 22.3. The maximum absolute atomic E-state index is 12.7. The Labute approximate surface area is 191 Å². The molecule has 2 aliphatic rings. The first kappa shape index (κ1) is 21.5. The number of carbonyl (C=O) groups is 3. The van der Waals surface area contributed by atoms with E-state index in [9.17, 15) is 24.3 Å². The minimum Gasteiger partial charge on any atom is -0.477 e. The van der Waals surface area contributed by atoms with E-state index in [1.807, 2.05) is 0 Å². The van der Waals surface area contributed by atoms with E-state index < -0.39 is 28.5 Å². The summed E-state index contributed by atoms with van der Waals surface area (Å²) in [5.41, 5.74) is 0.363. The molecule has 2 N–H and O–H groups in total. The van der Waals surface area contributed by atoms with Gasteiger partial charge >= 0.3 is 5.97 Å². The summed E-state index contributed by atoms with van der Waals surface area (Å²) in [6.45, 7) is 1.79. The molecule has 0 saturated carbocycles. The van der Waals surface area contributed by atoms with Crippen molar-refractivity contribution in [1.29, 1.82) is 0 Å². The Balaban J connectivity index is 1.52. The van der Waals surface area contributed by atoms with E-state index in [1.54, 1.807) is 12.3 Å². The molecule has 2 aromatic heterocycles. The molecule has 3 atom stereocenters. The number of amides is 2. The van der Waals surface area contributed by atoms with Crippen LogP contribution in [-0.2, 0) is 20.8 Å². The lowest BCUT2D eigenvalue weighted by Gasteiger charge is -2.49. The van der Waals surface area contributed by atoms with Gasteiger partial charge in [-0.2, -0.15) is 12.6 Å². The van der Waals surface area contributed by atoms with Gasteiger partial charge in [0.05, 0.1) is 11.7 Å². The standard InChI is InChI=1S/C16H14N4O5S5/c1-5-18-19-12(29-5)11(26)7-4-27-14-9(13(22)20(14)10(7)15(23)24)17-8(21)2-6-3-28-16(25)30-6/h3,9,11,14,26H,2,4H2,1H3,(H,17,21)(H,23,24). The van der Waals surface area contributed by atoms with Crippen molar-refractivity contribution < 1.29 is 19.5 Å². The summed E-state index contributed by atoms with van der Waals surface area (Å²) < 4.78 is -0.0952. The number of nitrogens with zero attached hydrogens (tertiary/aromatic N) is 3. The van der Waals surface area contributed by atoms with Crippen molar-refractivity contribution in [3.8, 4) is 0 Å². The van der Waals surface area contributed by atoms with Crippen LogP contribution in [0.5, 0.6) is 0 Å². The summed E-state index contributed by atoms with van der Waals surface area (Å²) in [5.74, 6) is -1.76. The first-order valence-electron chi connectivity index (χ1n) is 8.52. The first-order chi connectivity index (χ1) is 14.3. The highest BCUT2D eigenvalue weighted by Gasteiger charge is 2.54. The second-order valence-corrected chi connectivity index (χ2v) is 11.5. The van der Waals surface area contributed by atoms with Gasteiger partial charge in [0.2, 0.25) is 5.91 Å². The van der Waals surface area contributed by atoms with Gasteiger partial charge in [0.15, 0.2) is 0 Å². The number of aliphatic carboxylic acids is 1. The Kier molecular flexibility index (Phi) is 6.03. The Hall–Kier alpha value is -1.74. The molecule has 4 rings (SSSR count). The molecular formula is C16H14N4O5S5. The molecule has 0 aromatic carbocycles. The zero-order chi connectivity index (χ0) is 21.6. The minimum atomic E-state index is -1.23. The average molecular weight is 503 g/mol. The molecule has 0 aliphatic carbocycles. The maximum Gasteiger partial charge on any atom is 0.352 e. The summed E-state index contributed by atoms with van der Waals surface area (Å²) in [4.78, 5) is 50.1. The molecule has 3 unspecified atom stereocenters. The molecule has 14 heteroatoms. The number of hydrogen-bond acceptors (Lipinski definition) is 11. The van der Waals surface area contributed by atoms with Crippen molar-refractivity contribution in [2.45, 2.75) is 30.0 Å². The monoisotopic (exact) mass is 502 g/mol. The molecule has 9 nitrogen and oxygen atoms in total. The van der Waals surface area contributed by atoms with Crippen LogP contribution in [0, 0.1) is 6.92 Å². The molecule has 2 aliphatic heterocycles. The number of rotatable bonds is 6. The number of nitrogens with one attached hydrogen (secondary N) is 1. The van der Waals surface area contributed by atoms with Gasteiger partial charge in [-0.15, -0.1) is 33.3 Å². The van der Waals surface area contributed by atoms with Gasteiger partial charge in [0, 0.05) is 16.0 Å². The van der Waals surface area contributed by atoms with E-state index in [0.717, 1.165) is 27.7 Å². The van der Waals surface area contributed by atoms with Crippen LogP contribution < -0.4 is 9.37 Å². The topological polar surface area (TPSA) is 130 Å². The molecule has 158 valence electrons. The Morgan fingerprint density at radius 2 is 2.13 bits per heavy atom. The smallest absolute Gasteiger partial charge is 0.352 e. The van der Waals surface area contributed by atoms with Gasteiger partial charge in [-0.1, -0.05) is 22.7 Å². The molecule has 2 aromatic rings. The first-order valence-corrected chi connectivity index (χ1v) is 12.6. The number of thioether (sulfide) groups is 1. The van der Waals surface area contributed by atoms with Gasteiger partial charge in [-0.05, 0) is 12.5 Å². The van der Waals surface area contributed by atoms with Crippen LogP contribution in [0.15, 0.2) is 21.4 Å². The van der Waals surface area contributed by atoms with Crippen LogP contribution >= 0.6 is 58.4 Å². The quantitative estimate of drug-likeness (QED) is 0.398. The number of aromatic nitrogens is 2. The van der Waals surface area contributed by atoms with E-state index in [-0.39, 0.29) is 22.1 Å². The van der Waals surface area contributed by atoms with Crippen LogP contribution in [0.3, 0.4) is 0 Å². The number of fused-ring (bicyclic) bond motifs is 1. The SMILES string of the molecule is Cc1nnc(C(S)C2=C(C(=O)O)N3C(=O)C(NC(=O)Cc4csc(=O)s4)C3SC2)s1. The Morgan fingerprint density at radius 1 is 1.37 bits per heavy atom. The molecule has 4 heterocycles. The molecule has 1 fully saturated rings. The van der Waals surface area contributed by atoms with Gasteiger partial charge in [0.25, 0.3) is 9.96 Å². The van der Waals surface area contributed by atoms with Crippen molar-refractivity contribution in [3.63, 3.8) is 0 Å². The molecule has 30 heavy (non-hydrogen) atoms. The third-order valence-electron chi connectivity index (χ3n) is 4.46. The van der Waals surface area contributed by atoms with Crippen molar-refractivity contribution in [3.05, 3.63) is 40.4 Å². The highest BCUT2D eigenvalue weighted by atomic mass is 32.2. The lowest BCUT2D eigenvalue weighted by molar-refractivity contribution is -0.150. The number of aryl methyl sites for hydroxylation is 1. The van der Waals surface area contributed by atoms with Crippen LogP contribution in [-0.4, -0.2) is 55.2 Å². The highest BCUT2D eigenvalue weighted by molar-refractivity contribution is 8.00. The Morgan fingerprint density at radius 3 is 2.73 bits per heavy atom. The summed E-state index contributed by atoms with van der Waals surface area (Å²) in [7, 11) is 0. The van der Waals surface area contributed by atoms with E-state index in [1.165, 1.54) is 28.0 Å². The number of thiol groups is 1. The van der Waals surface area contributed by atoms with E-state index in [0.29, 0.717) is 21.2 Å². The van der Waals surface area contributed by atoms with Crippen molar-refractivity contribution in [1.82, 2.24) is 20.4 Å². The third-order valence-corrected chi connectivity index (χ3v) is 9.37. The van der Waals surface area contributed by atoms with Crippen molar-refractivity contribution in [2.75, 3.05) is 5.75 Å². The van der Waals surface area contributed by atoms with Gasteiger partial charge < -0.3 is 10.4 Å². The predicted molar refractivity (Wildman–Crippen MR) is 118 cm³/mol. The summed E-state index contributed by atoms with van der Waals surface area (Å²) >= 11 is 9.24. The zero-order valence-electron chi connectivity index (χ0n) is 15.2. The fraction of sp³-hybridized carbons (Fsp3) is 0.375. The predicted octanol–water partition coefficient (Wildman–Crippen LogP) is 1.28. The van der Waals surface area contributed by atoms with Crippen molar-refractivity contribution >= 4 is 76.2 Å². The lowest BCUT2D eigenvalue weighted by atomic mass is 10.0. The van der Waals surface area contributed by atoms with E-state index in [4.69, 9.17) is 0 Å². The zero-order valence-corrected chi connectivity index (χ0v) is 19.4. The fourth-order valence-corrected chi connectivity index (χ4v) is 7.53. The van der Waals surface area contributed by atoms with Gasteiger partial charge in [-0.25, -0.2) is 4.79 Å². The average Bonchev–Trinajstić information content (AvgIpc) is 3.32. The largest absolute Gasteiger partial charge is 0.477 e. The number of carboxylic acids is 1. The van der Waals surface area contributed by atoms with E-state index in [2.05, 4.69) is 28.1 Å². The van der Waals surface area contributed by atoms with Crippen molar-refractivity contribution in [2.24, 2.45) is 0 Å². The van der Waals surface area contributed by atoms with Crippen LogP contribution in [0.4, 0.5) is 0 Å². The molecule has 0 bridgehead atoms. The fourth-order valence-electron chi connectivity index (χ4n) is 3.15. The van der Waals surface area contributed by atoms with Crippen LogP contribution in [0.2, 0.25) is 0 Å². The highest BCUT2D eigenvalue weighted by Crippen LogP contribution is 2.45.